The van der Waals surface area contributed by atoms with Crippen LogP contribution >= 0.6 is 11.6 Å². The molecule has 0 amide bonds. The van der Waals surface area contributed by atoms with E-state index in [1.165, 1.54) is 5.56 Å². The summed E-state index contributed by atoms with van der Waals surface area (Å²) in [6.07, 6.45) is 2.41. The number of fused-ring (bicyclic) bond motifs is 1. The third-order valence-electron chi connectivity index (χ3n) is 3.47. The number of rotatable bonds is 2. The van der Waals surface area contributed by atoms with Crippen molar-refractivity contribution < 1.29 is 4.52 Å². The number of pyridine rings is 1. The van der Waals surface area contributed by atoms with Crippen molar-refractivity contribution in [2.24, 2.45) is 0 Å². The van der Waals surface area contributed by atoms with E-state index in [-0.39, 0.29) is 6.04 Å². The highest BCUT2D eigenvalue weighted by molar-refractivity contribution is 6.30. The van der Waals surface area contributed by atoms with Gasteiger partial charge in [0.2, 0.25) is 11.7 Å². The molecule has 3 aromatic rings. The van der Waals surface area contributed by atoms with Gasteiger partial charge in [-0.3, -0.25) is 4.98 Å². The topological polar surface area (TPSA) is 63.8 Å². The summed E-state index contributed by atoms with van der Waals surface area (Å²) in [5, 5.41) is 7.96. The van der Waals surface area contributed by atoms with E-state index < -0.39 is 0 Å². The molecular formula is C15H11ClN4O. The number of para-hydroxylation sites is 1. The third kappa shape index (κ3) is 2.25. The summed E-state index contributed by atoms with van der Waals surface area (Å²) in [5.74, 6) is 1.04. The van der Waals surface area contributed by atoms with E-state index >= 15 is 0 Å². The number of aromatic nitrogens is 3. The standard InChI is InChI=1S/C15H11ClN4O/c16-10-5-6-12(17-8-10)14-19-15(21-20-14)13-7-9-3-1-2-4-11(9)18-13/h1-6,8,13,18H,7H2/t13-/m0/s1. The summed E-state index contributed by atoms with van der Waals surface area (Å²) in [6, 6.07) is 11.7. The van der Waals surface area contributed by atoms with Crippen molar-refractivity contribution in [3.05, 3.63) is 59.1 Å². The van der Waals surface area contributed by atoms with E-state index in [2.05, 4.69) is 26.5 Å². The monoisotopic (exact) mass is 298 g/mol. The predicted octanol–water partition coefficient (Wildman–Crippen LogP) is 3.49. The Balaban J connectivity index is 1.60. The fourth-order valence-corrected chi connectivity index (χ4v) is 2.55. The van der Waals surface area contributed by atoms with Gasteiger partial charge < -0.3 is 9.84 Å². The van der Waals surface area contributed by atoms with E-state index in [1.54, 1.807) is 18.3 Å². The van der Waals surface area contributed by atoms with Gasteiger partial charge in [-0.25, -0.2) is 0 Å². The second-order valence-corrected chi connectivity index (χ2v) is 5.31. The first-order chi connectivity index (χ1) is 10.3. The zero-order chi connectivity index (χ0) is 14.2. The molecule has 1 aliphatic rings. The molecule has 1 aromatic carbocycles. The Kier molecular flexibility index (Phi) is 2.86. The van der Waals surface area contributed by atoms with Gasteiger partial charge in [-0.1, -0.05) is 35.0 Å². The van der Waals surface area contributed by atoms with E-state index in [0.717, 1.165) is 12.1 Å². The molecule has 104 valence electrons. The van der Waals surface area contributed by atoms with Crippen molar-refractivity contribution in [1.29, 1.82) is 0 Å². The van der Waals surface area contributed by atoms with Crippen LogP contribution in [0.25, 0.3) is 11.5 Å². The van der Waals surface area contributed by atoms with Crippen LogP contribution in [0.15, 0.2) is 47.1 Å². The number of nitrogens with zero attached hydrogens (tertiary/aromatic N) is 3. The minimum absolute atomic E-state index is 0.0101. The molecule has 0 saturated heterocycles. The van der Waals surface area contributed by atoms with Gasteiger partial charge in [0, 0.05) is 18.3 Å². The van der Waals surface area contributed by atoms with E-state index in [1.807, 2.05) is 18.2 Å². The van der Waals surface area contributed by atoms with Crippen LogP contribution in [0.2, 0.25) is 5.02 Å². The van der Waals surface area contributed by atoms with Crippen molar-refractivity contribution in [1.82, 2.24) is 15.1 Å². The third-order valence-corrected chi connectivity index (χ3v) is 3.69. The predicted molar refractivity (Wildman–Crippen MR) is 79.0 cm³/mol. The van der Waals surface area contributed by atoms with Crippen LogP contribution in [0.4, 0.5) is 5.69 Å². The number of hydrogen-bond donors (Lipinski definition) is 1. The summed E-state index contributed by atoms with van der Waals surface area (Å²) >= 11 is 5.82. The number of benzene rings is 1. The summed E-state index contributed by atoms with van der Waals surface area (Å²) < 4.78 is 5.37. The molecule has 0 unspecified atom stereocenters. The molecule has 0 aliphatic carbocycles. The summed E-state index contributed by atoms with van der Waals surface area (Å²) in [4.78, 5) is 8.62. The maximum Gasteiger partial charge on any atom is 0.249 e. The molecular weight excluding hydrogens is 288 g/mol. The summed E-state index contributed by atoms with van der Waals surface area (Å²) in [7, 11) is 0. The number of anilines is 1. The largest absolute Gasteiger partial charge is 0.373 e. The maximum atomic E-state index is 5.82. The number of nitrogens with one attached hydrogen (secondary N) is 1. The first kappa shape index (κ1) is 12.3. The van der Waals surface area contributed by atoms with E-state index in [9.17, 15) is 0 Å². The van der Waals surface area contributed by atoms with Gasteiger partial charge >= 0.3 is 0 Å². The number of halogens is 1. The zero-order valence-electron chi connectivity index (χ0n) is 11.0. The van der Waals surface area contributed by atoms with Gasteiger partial charge in [0.1, 0.15) is 11.7 Å². The lowest BCUT2D eigenvalue weighted by Crippen LogP contribution is -2.05. The minimum atomic E-state index is 0.0101. The molecule has 0 bridgehead atoms. The van der Waals surface area contributed by atoms with Crippen LogP contribution in [0.5, 0.6) is 0 Å². The Labute approximate surface area is 126 Å². The second kappa shape index (κ2) is 4.86. The molecule has 5 nitrogen and oxygen atoms in total. The fraction of sp³-hybridized carbons (Fsp3) is 0.133. The van der Waals surface area contributed by atoms with Gasteiger partial charge in [0.05, 0.1) is 5.02 Å². The quantitative estimate of drug-likeness (QED) is 0.784. The Morgan fingerprint density at radius 2 is 2.10 bits per heavy atom. The molecule has 4 rings (SSSR count). The molecule has 1 atom stereocenters. The molecule has 1 aliphatic heterocycles. The Bertz CT molecular complexity index is 759. The zero-order valence-corrected chi connectivity index (χ0v) is 11.7. The van der Waals surface area contributed by atoms with Crippen LogP contribution in [0.3, 0.4) is 0 Å². The van der Waals surface area contributed by atoms with E-state index in [4.69, 9.17) is 16.1 Å². The van der Waals surface area contributed by atoms with Crippen LogP contribution < -0.4 is 5.32 Å². The Morgan fingerprint density at radius 3 is 2.90 bits per heavy atom. The summed E-state index contributed by atoms with van der Waals surface area (Å²) in [5.41, 5.74) is 3.02. The molecule has 0 radical (unpaired) electrons. The first-order valence-corrected chi connectivity index (χ1v) is 6.97. The van der Waals surface area contributed by atoms with Crippen molar-refractivity contribution >= 4 is 17.3 Å². The lowest BCUT2D eigenvalue weighted by atomic mass is 10.1. The Morgan fingerprint density at radius 1 is 1.19 bits per heavy atom. The van der Waals surface area contributed by atoms with Crippen LogP contribution in [0.1, 0.15) is 17.5 Å². The van der Waals surface area contributed by atoms with Crippen LogP contribution in [-0.4, -0.2) is 15.1 Å². The highest BCUT2D eigenvalue weighted by Crippen LogP contribution is 2.33. The average molecular weight is 299 g/mol. The van der Waals surface area contributed by atoms with Crippen molar-refractivity contribution in [2.45, 2.75) is 12.5 Å². The van der Waals surface area contributed by atoms with Crippen LogP contribution in [0, 0.1) is 0 Å². The lowest BCUT2D eigenvalue weighted by Gasteiger charge is -2.04. The minimum Gasteiger partial charge on any atom is -0.373 e. The Hall–Kier alpha value is -2.40. The van der Waals surface area contributed by atoms with Crippen molar-refractivity contribution in [3.63, 3.8) is 0 Å². The smallest absolute Gasteiger partial charge is 0.249 e. The second-order valence-electron chi connectivity index (χ2n) is 4.88. The normalized spacial score (nSPS) is 16.5. The van der Waals surface area contributed by atoms with Gasteiger partial charge in [-0.2, -0.15) is 4.98 Å². The highest BCUT2D eigenvalue weighted by Gasteiger charge is 2.26. The average Bonchev–Trinajstić information content (AvgIpc) is 3.14. The molecule has 0 fully saturated rings. The molecule has 6 heteroatoms. The first-order valence-electron chi connectivity index (χ1n) is 6.59. The SMILES string of the molecule is Clc1ccc(-c2noc([C@@H]3Cc4ccccc4N3)n2)nc1. The van der Waals surface area contributed by atoms with Crippen molar-refractivity contribution in [2.75, 3.05) is 5.32 Å². The molecule has 21 heavy (non-hydrogen) atoms. The highest BCUT2D eigenvalue weighted by atomic mass is 35.5. The van der Waals surface area contributed by atoms with E-state index in [0.29, 0.717) is 22.4 Å². The molecule has 1 N–H and O–H groups in total. The molecule has 0 saturated carbocycles. The number of hydrogen-bond acceptors (Lipinski definition) is 5. The fourth-order valence-electron chi connectivity index (χ4n) is 2.44. The molecule has 0 spiro atoms. The molecule has 3 heterocycles. The van der Waals surface area contributed by atoms with Gasteiger partial charge in [-0.05, 0) is 23.8 Å². The van der Waals surface area contributed by atoms with Gasteiger partial charge in [0.15, 0.2) is 0 Å². The lowest BCUT2D eigenvalue weighted by molar-refractivity contribution is 0.364. The van der Waals surface area contributed by atoms with Gasteiger partial charge in [-0.15, -0.1) is 0 Å². The summed E-state index contributed by atoms with van der Waals surface area (Å²) in [6.45, 7) is 0. The maximum absolute atomic E-state index is 5.82. The van der Waals surface area contributed by atoms with Crippen molar-refractivity contribution in [3.8, 4) is 11.5 Å². The van der Waals surface area contributed by atoms with Gasteiger partial charge in [0.25, 0.3) is 0 Å². The van der Waals surface area contributed by atoms with Crippen LogP contribution in [-0.2, 0) is 6.42 Å². The molecule has 2 aromatic heterocycles.